The smallest absolute Gasteiger partial charge is 0.157 e. The van der Waals surface area contributed by atoms with Crippen LogP contribution in [-0.4, -0.2) is 22.5 Å². The van der Waals surface area contributed by atoms with Gasteiger partial charge in [0.2, 0.25) is 0 Å². The second kappa shape index (κ2) is 4.56. The molecule has 0 spiro atoms. The van der Waals surface area contributed by atoms with Crippen molar-refractivity contribution in [2.45, 2.75) is 51.8 Å². The number of nitrogens with one attached hydrogen (secondary N) is 1. The molecule has 1 atom stereocenters. The number of aliphatic imine (C=N–C) groups is 1. The van der Waals surface area contributed by atoms with Crippen molar-refractivity contribution in [1.29, 1.82) is 0 Å². The predicted octanol–water partition coefficient (Wildman–Crippen LogP) is 2.89. The van der Waals surface area contributed by atoms with E-state index in [1.807, 2.05) is 11.8 Å². The van der Waals surface area contributed by atoms with Gasteiger partial charge in [-0.15, -0.1) is 0 Å². The van der Waals surface area contributed by atoms with Crippen molar-refractivity contribution in [3.8, 4) is 0 Å². The van der Waals surface area contributed by atoms with E-state index in [2.05, 4.69) is 44.9 Å². The van der Waals surface area contributed by atoms with E-state index >= 15 is 0 Å². The highest BCUT2D eigenvalue weighted by Crippen LogP contribution is 2.26. The summed E-state index contributed by atoms with van der Waals surface area (Å²) in [7, 11) is 0. The maximum absolute atomic E-state index is 4.52. The van der Waals surface area contributed by atoms with Gasteiger partial charge in [0.1, 0.15) is 0 Å². The molecule has 0 aromatic rings. The minimum atomic E-state index is 0.137. The van der Waals surface area contributed by atoms with E-state index in [1.54, 1.807) is 0 Å². The Hall–Kier alpha value is -0.180. The number of rotatable bonds is 2. The topological polar surface area (TPSA) is 24.4 Å². The Morgan fingerprint density at radius 1 is 1.50 bits per heavy atom. The quantitative estimate of drug-likeness (QED) is 0.764. The minimum Gasteiger partial charge on any atom is -0.360 e. The van der Waals surface area contributed by atoms with Crippen LogP contribution in [-0.2, 0) is 0 Å². The van der Waals surface area contributed by atoms with E-state index in [9.17, 15) is 0 Å². The van der Waals surface area contributed by atoms with Crippen LogP contribution in [0.1, 0.15) is 41.0 Å². The molecule has 0 saturated heterocycles. The highest BCUT2D eigenvalue weighted by molar-refractivity contribution is 8.14. The molecule has 0 amide bonds. The molecular weight excluding hydrogens is 192 g/mol. The molecular formula is C11H22N2S. The van der Waals surface area contributed by atoms with Gasteiger partial charge in [0, 0.05) is 10.8 Å². The number of thioether (sulfide) groups is 1. The van der Waals surface area contributed by atoms with Gasteiger partial charge in [-0.05, 0) is 33.1 Å². The summed E-state index contributed by atoms with van der Waals surface area (Å²) in [6, 6.07) is 0. The summed E-state index contributed by atoms with van der Waals surface area (Å²) in [6.07, 6.45) is 1.27. The van der Waals surface area contributed by atoms with E-state index < -0.39 is 0 Å². The molecule has 1 N–H and O–H groups in total. The first-order valence-electron chi connectivity index (χ1n) is 5.36. The predicted molar refractivity (Wildman–Crippen MR) is 66.0 cm³/mol. The van der Waals surface area contributed by atoms with Crippen molar-refractivity contribution in [3.05, 3.63) is 0 Å². The first kappa shape index (κ1) is 11.9. The van der Waals surface area contributed by atoms with E-state index in [0.717, 1.165) is 17.6 Å². The zero-order chi connectivity index (χ0) is 10.8. The molecule has 0 radical (unpaired) electrons. The third kappa shape index (κ3) is 4.36. The van der Waals surface area contributed by atoms with Crippen molar-refractivity contribution < 1.29 is 0 Å². The lowest BCUT2D eigenvalue weighted by Crippen LogP contribution is -2.38. The lowest BCUT2D eigenvalue weighted by Gasteiger charge is -2.21. The summed E-state index contributed by atoms with van der Waals surface area (Å²) in [5.74, 6) is 0.775. The van der Waals surface area contributed by atoms with Gasteiger partial charge in [-0.3, -0.25) is 4.99 Å². The van der Waals surface area contributed by atoms with Crippen molar-refractivity contribution in [1.82, 2.24) is 5.32 Å². The van der Waals surface area contributed by atoms with Gasteiger partial charge in [-0.1, -0.05) is 25.6 Å². The van der Waals surface area contributed by atoms with Crippen molar-refractivity contribution in [2.24, 2.45) is 10.9 Å². The van der Waals surface area contributed by atoms with Gasteiger partial charge in [-0.25, -0.2) is 0 Å². The van der Waals surface area contributed by atoms with E-state index in [-0.39, 0.29) is 5.54 Å². The first-order valence-corrected chi connectivity index (χ1v) is 6.24. The fourth-order valence-electron chi connectivity index (χ4n) is 1.46. The normalized spacial score (nSPS) is 22.7. The molecule has 1 heterocycles. The second-order valence-corrected chi connectivity index (χ2v) is 6.68. The molecule has 82 valence electrons. The minimum absolute atomic E-state index is 0.137. The molecule has 0 saturated carbocycles. The lowest BCUT2D eigenvalue weighted by molar-refractivity contribution is 0.515. The van der Waals surface area contributed by atoms with Crippen LogP contribution in [0.4, 0.5) is 0 Å². The van der Waals surface area contributed by atoms with Gasteiger partial charge in [0.25, 0.3) is 0 Å². The molecule has 1 aliphatic heterocycles. The summed E-state index contributed by atoms with van der Waals surface area (Å²) < 4.78 is 0. The van der Waals surface area contributed by atoms with Crippen molar-refractivity contribution in [3.63, 3.8) is 0 Å². The zero-order valence-electron chi connectivity index (χ0n) is 9.92. The van der Waals surface area contributed by atoms with Crippen LogP contribution in [0.2, 0.25) is 0 Å². The third-order valence-electron chi connectivity index (χ3n) is 1.93. The molecule has 0 aromatic carbocycles. The van der Waals surface area contributed by atoms with Crippen LogP contribution in [0.15, 0.2) is 4.99 Å². The van der Waals surface area contributed by atoms with Gasteiger partial charge >= 0.3 is 0 Å². The summed E-state index contributed by atoms with van der Waals surface area (Å²) in [6.45, 7) is 12.1. The molecule has 0 bridgehead atoms. The van der Waals surface area contributed by atoms with Crippen LogP contribution >= 0.6 is 11.8 Å². The number of nitrogens with zero attached hydrogens (tertiary/aromatic N) is 1. The molecule has 0 aromatic heterocycles. The third-order valence-corrected chi connectivity index (χ3v) is 3.06. The molecule has 3 heteroatoms. The summed E-state index contributed by atoms with van der Waals surface area (Å²) >= 11 is 1.90. The van der Waals surface area contributed by atoms with E-state index in [4.69, 9.17) is 0 Å². The Labute approximate surface area is 92.0 Å². The van der Waals surface area contributed by atoms with Gasteiger partial charge in [0.15, 0.2) is 5.17 Å². The monoisotopic (exact) mass is 214 g/mol. The Bertz CT molecular complexity index is 216. The SMILES string of the molecule is CC(C)CC1CN=C(NC(C)(C)C)S1. The van der Waals surface area contributed by atoms with E-state index in [0.29, 0.717) is 5.25 Å². The maximum atomic E-state index is 4.52. The summed E-state index contributed by atoms with van der Waals surface area (Å²) in [5.41, 5.74) is 0.137. The van der Waals surface area contributed by atoms with Crippen molar-refractivity contribution in [2.75, 3.05) is 6.54 Å². The van der Waals surface area contributed by atoms with Crippen LogP contribution in [0, 0.1) is 5.92 Å². The highest BCUT2D eigenvalue weighted by Gasteiger charge is 2.23. The molecule has 1 unspecified atom stereocenters. The molecule has 0 aliphatic carbocycles. The standard InChI is InChI=1S/C11H22N2S/c1-8(2)6-9-7-12-10(14-9)13-11(3,4)5/h8-9H,6-7H2,1-5H3,(H,12,13). The number of hydrogen-bond donors (Lipinski definition) is 1. The Morgan fingerprint density at radius 2 is 2.14 bits per heavy atom. The van der Waals surface area contributed by atoms with Crippen molar-refractivity contribution >= 4 is 16.9 Å². The fourth-order valence-corrected chi connectivity index (χ4v) is 2.92. The average Bonchev–Trinajstić information content (AvgIpc) is 2.30. The Balaban J connectivity index is 2.33. The molecule has 0 fully saturated rings. The second-order valence-electron chi connectivity index (χ2n) is 5.39. The summed E-state index contributed by atoms with van der Waals surface area (Å²) in [4.78, 5) is 4.52. The molecule has 1 aliphatic rings. The largest absolute Gasteiger partial charge is 0.360 e. The lowest BCUT2D eigenvalue weighted by atomic mass is 10.1. The van der Waals surface area contributed by atoms with Gasteiger partial charge in [0.05, 0.1) is 6.54 Å². The molecule has 14 heavy (non-hydrogen) atoms. The number of amidine groups is 1. The first-order chi connectivity index (χ1) is 6.37. The van der Waals surface area contributed by atoms with Crippen LogP contribution in [0.3, 0.4) is 0 Å². The molecule has 1 rings (SSSR count). The fraction of sp³-hybridized carbons (Fsp3) is 0.909. The van der Waals surface area contributed by atoms with Crippen LogP contribution < -0.4 is 5.32 Å². The Kier molecular flexibility index (Phi) is 3.87. The highest BCUT2D eigenvalue weighted by atomic mass is 32.2. The zero-order valence-corrected chi connectivity index (χ0v) is 10.7. The van der Waals surface area contributed by atoms with Gasteiger partial charge in [-0.2, -0.15) is 0 Å². The average molecular weight is 214 g/mol. The van der Waals surface area contributed by atoms with Gasteiger partial charge < -0.3 is 5.32 Å². The van der Waals surface area contributed by atoms with E-state index in [1.165, 1.54) is 6.42 Å². The summed E-state index contributed by atoms with van der Waals surface area (Å²) in [5, 5.41) is 5.26. The Morgan fingerprint density at radius 3 is 2.64 bits per heavy atom. The maximum Gasteiger partial charge on any atom is 0.157 e. The van der Waals surface area contributed by atoms with Crippen LogP contribution in [0.25, 0.3) is 0 Å². The molecule has 2 nitrogen and oxygen atoms in total. The van der Waals surface area contributed by atoms with Crippen LogP contribution in [0.5, 0.6) is 0 Å². The number of hydrogen-bond acceptors (Lipinski definition) is 3.